The second-order valence-electron chi connectivity index (χ2n) is 6.93. The fourth-order valence-electron chi connectivity index (χ4n) is 3.21. The lowest BCUT2D eigenvalue weighted by atomic mass is 9.88. The minimum atomic E-state index is 0.0952. The van der Waals surface area contributed by atoms with Crippen LogP contribution < -0.4 is 5.32 Å². The number of hydrogen-bond donors (Lipinski definition) is 1. The fourth-order valence-corrected chi connectivity index (χ4v) is 3.21. The summed E-state index contributed by atoms with van der Waals surface area (Å²) in [7, 11) is 4.29. The van der Waals surface area contributed by atoms with Crippen molar-refractivity contribution < 1.29 is 4.74 Å². The third-order valence-electron chi connectivity index (χ3n) is 5.27. The second kappa shape index (κ2) is 7.45. The lowest BCUT2D eigenvalue weighted by molar-refractivity contribution is -0.000670. The van der Waals surface area contributed by atoms with Crippen LogP contribution in [0, 0.1) is 13.8 Å². The highest BCUT2D eigenvalue weighted by Gasteiger charge is 2.34. The Bertz CT molecular complexity index is 711. The van der Waals surface area contributed by atoms with Crippen LogP contribution in [0.25, 0.3) is 11.4 Å². The number of aryl methyl sites for hydroxylation is 1. The van der Waals surface area contributed by atoms with E-state index in [4.69, 9.17) is 9.72 Å². The van der Waals surface area contributed by atoms with Crippen molar-refractivity contribution in [3.63, 3.8) is 0 Å². The monoisotopic (exact) mass is 341 g/mol. The molecule has 134 valence electrons. The molecule has 1 N–H and O–H groups in total. The van der Waals surface area contributed by atoms with Crippen molar-refractivity contribution in [3.8, 4) is 11.4 Å². The number of pyridine rings is 1. The first-order valence-corrected chi connectivity index (χ1v) is 8.76. The third kappa shape index (κ3) is 3.80. The van der Waals surface area contributed by atoms with Crippen LogP contribution in [-0.4, -0.2) is 59.2 Å². The van der Waals surface area contributed by atoms with Gasteiger partial charge in [0.25, 0.3) is 0 Å². The molecule has 1 aliphatic rings. The molecule has 0 unspecified atom stereocenters. The Labute approximate surface area is 149 Å². The van der Waals surface area contributed by atoms with E-state index in [0.717, 1.165) is 55.2 Å². The highest BCUT2D eigenvalue weighted by molar-refractivity contribution is 5.58. The van der Waals surface area contributed by atoms with Gasteiger partial charge in [0, 0.05) is 54.5 Å². The summed E-state index contributed by atoms with van der Waals surface area (Å²) in [6.45, 7) is 6.55. The molecule has 0 saturated carbocycles. The number of rotatable bonds is 5. The van der Waals surface area contributed by atoms with Gasteiger partial charge in [-0.2, -0.15) is 0 Å². The Balaban J connectivity index is 1.85. The largest absolute Gasteiger partial charge is 0.381 e. The summed E-state index contributed by atoms with van der Waals surface area (Å²) in [5.74, 6) is 1.61. The van der Waals surface area contributed by atoms with Crippen molar-refractivity contribution in [3.05, 3.63) is 35.8 Å². The molecular formula is C19H27N5O. The average Bonchev–Trinajstić information content (AvgIpc) is 2.64. The number of nitrogens with one attached hydrogen (secondary N) is 1. The van der Waals surface area contributed by atoms with Crippen LogP contribution in [0.1, 0.15) is 24.1 Å². The van der Waals surface area contributed by atoms with Gasteiger partial charge in [0.2, 0.25) is 0 Å². The lowest BCUT2D eigenvalue weighted by Gasteiger charge is -2.43. The van der Waals surface area contributed by atoms with Crippen molar-refractivity contribution in [1.29, 1.82) is 0 Å². The molecular weight excluding hydrogens is 314 g/mol. The van der Waals surface area contributed by atoms with E-state index in [9.17, 15) is 0 Å². The normalized spacial score (nSPS) is 16.8. The molecule has 0 bridgehead atoms. The number of aromatic nitrogens is 3. The van der Waals surface area contributed by atoms with Crippen LogP contribution in [0.3, 0.4) is 0 Å². The van der Waals surface area contributed by atoms with Crippen LogP contribution in [0.5, 0.6) is 0 Å². The number of nitrogens with zero attached hydrogens (tertiary/aromatic N) is 4. The predicted molar refractivity (Wildman–Crippen MR) is 99.7 cm³/mol. The van der Waals surface area contributed by atoms with Gasteiger partial charge in [-0.15, -0.1) is 0 Å². The third-order valence-corrected chi connectivity index (χ3v) is 5.27. The van der Waals surface area contributed by atoms with Gasteiger partial charge in [-0.3, -0.25) is 4.98 Å². The van der Waals surface area contributed by atoms with Gasteiger partial charge in [-0.25, -0.2) is 9.97 Å². The van der Waals surface area contributed by atoms with E-state index in [1.807, 2.05) is 19.1 Å². The Hall–Kier alpha value is -2.05. The van der Waals surface area contributed by atoms with E-state index >= 15 is 0 Å². The second-order valence-corrected chi connectivity index (χ2v) is 6.93. The zero-order valence-corrected chi connectivity index (χ0v) is 15.5. The summed E-state index contributed by atoms with van der Waals surface area (Å²) >= 11 is 0. The maximum Gasteiger partial charge on any atom is 0.163 e. The molecule has 2 aromatic rings. The van der Waals surface area contributed by atoms with E-state index in [1.54, 1.807) is 12.4 Å². The van der Waals surface area contributed by atoms with Crippen LogP contribution >= 0.6 is 0 Å². The predicted octanol–water partition coefficient (Wildman–Crippen LogP) is 2.68. The van der Waals surface area contributed by atoms with Crippen LogP contribution in [0.15, 0.2) is 24.5 Å². The molecule has 1 fully saturated rings. The highest BCUT2D eigenvalue weighted by Crippen LogP contribution is 2.28. The molecule has 3 heterocycles. The Morgan fingerprint density at radius 3 is 2.60 bits per heavy atom. The summed E-state index contributed by atoms with van der Waals surface area (Å²) < 4.78 is 5.56. The SMILES string of the molecule is Cc1nc(-c2cccnc2)nc(NCC2(N(C)C)CCOCC2)c1C. The smallest absolute Gasteiger partial charge is 0.163 e. The summed E-state index contributed by atoms with van der Waals surface area (Å²) in [4.78, 5) is 15.9. The van der Waals surface area contributed by atoms with E-state index in [0.29, 0.717) is 5.82 Å². The quantitative estimate of drug-likeness (QED) is 0.902. The molecule has 0 radical (unpaired) electrons. The maximum atomic E-state index is 5.56. The van der Waals surface area contributed by atoms with Gasteiger partial charge in [-0.05, 0) is 52.9 Å². The molecule has 6 heteroatoms. The van der Waals surface area contributed by atoms with E-state index in [2.05, 4.69) is 41.2 Å². The molecule has 0 amide bonds. The lowest BCUT2D eigenvalue weighted by Crippen LogP contribution is -2.53. The molecule has 0 spiro atoms. The van der Waals surface area contributed by atoms with Crippen molar-refractivity contribution in [2.45, 2.75) is 32.2 Å². The number of likely N-dealkylation sites (N-methyl/N-ethyl adjacent to an activating group) is 1. The van der Waals surface area contributed by atoms with Crippen molar-refractivity contribution in [2.24, 2.45) is 0 Å². The number of anilines is 1. The van der Waals surface area contributed by atoms with Crippen LogP contribution in [0.2, 0.25) is 0 Å². The first-order chi connectivity index (χ1) is 12.0. The van der Waals surface area contributed by atoms with E-state index < -0.39 is 0 Å². The molecule has 25 heavy (non-hydrogen) atoms. The topological polar surface area (TPSA) is 63.2 Å². The van der Waals surface area contributed by atoms with Crippen molar-refractivity contribution in [1.82, 2.24) is 19.9 Å². The van der Waals surface area contributed by atoms with Gasteiger partial charge in [0.1, 0.15) is 5.82 Å². The molecule has 3 rings (SSSR count). The minimum Gasteiger partial charge on any atom is -0.381 e. The molecule has 0 aromatic carbocycles. The summed E-state index contributed by atoms with van der Waals surface area (Å²) in [5.41, 5.74) is 3.11. The first kappa shape index (κ1) is 17.8. The summed E-state index contributed by atoms with van der Waals surface area (Å²) in [6, 6.07) is 3.89. The zero-order valence-electron chi connectivity index (χ0n) is 15.5. The molecule has 1 saturated heterocycles. The summed E-state index contributed by atoms with van der Waals surface area (Å²) in [5, 5.41) is 3.59. The molecule has 1 aliphatic heterocycles. The Kier molecular flexibility index (Phi) is 5.30. The summed E-state index contributed by atoms with van der Waals surface area (Å²) in [6.07, 6.45) is 5.60. The first-order valence-electron chi connectivity index (χ1n) is 8.76. The van der Waals surface area contributed by atoms with Crippen LogP contribution in [0.4, 0.5) is 5.82 Å². The van der Waals surface area contributed by atoms with E-state index in [1.165, 1.54) is 0 Å². The van der Waals surface area contributed by atoms with Crippen LogP contribution in [-0.2, 0) is 4.74 Å². The molecule has 0 aliphatic carbocycles. The van der Waals surface area contributed by atoms with Gasteiger partial charge < -0.3 is 15.0 Å². The number of ether oxygens (including phenoxy) is 1. The van der Waals surface area contributed by atoms with Crippen molar-refractivity contribution >= 4 is 5.82 Å². The van der Waals surface area contributed by atoms with E-state index in [-0.39, 0.29) is 5.54 Å². The molecule has 6 nitrogen and oxygen atoms in total. The minimum absolute atomic E-state index is 0.0952. The van der Waals surface area contributed by atoms with Crippen molar-refractivity contribution in [2.75, 3.05) is 39.2 Å². The zero-order chi connectivity index (χ0) is 17.9. The van der Waals surface area contributed by atoms with Gasteiger partial charge in [-0.1, -0.05) is 0 Å². The molecule has 0 atom stereocenters. The van der Waals surface area contributed by atoms with Gasteiger partial charge >= 0.3 is 0 Å². The van der Waals surface area contributed by atoms with Gasteiger partial charge in [0.05, 0.1) is 0 Å². The standard InChI is InChI=1S/C19H27N5O/c1-14-15(2)22-18(16-6-5-9-20-12-16)23-17(14)21-13-19(24(3)4)7-10-25-11-8-19/h5-6,9,12H,7-8,10-11,13H2,1-4H3,(H,21,22,23). The maximum absolute atomic E-state index is 5.56. The average molecular weight is 341 g/mol. The molecule has 2 aromatic heterocycles. The van der Waals surface area contributed by atoms with Gasteiger partial charge in [0.15, 0.2) is 5.82 Å². The fraction of sp³-hybridized carbons (Fsp3) is 0.526. The number of hydrogen-bond acceptors (Lipinski definition) is 6. The Morgan fingerprint density at radius 2 is 1.96 bits per heavy atom. The highest BCUT2D eigenvalue weighted by atomic mass is 16.5. The Morgan fingerprint density at radius 1 is 1.20 bits per heavy atom.